The second-order valence-corrected chi connectivity index (χ2v) is 9.15. The van der Waals surface area contributed by atoms with E-state index in [2.05, 4.69) is 0 Å². The van der Waals surface area contributed by atoms with Gasteiger partial charge in [-0.1, -0.05) is 23.7 Å². The van der Waals surface area contributed by atoms with E-state index in [-0.39, 0.29) is 18.5 Å². The molecule has 27 heavy (non-hydrogen) atoms. The van der Waals surface area contributed by atoms with Gasteiger partial charge in [-0.05, 0) is 31.0 Å². The third kappa shape index (κ3) is 4.37. The minimum absolute atomic E-state index is 0.0758. The molecule has 2 rings (SSSR count). The highest BCUT2D eigenvalue weighted by Gasteiger charge is 2.43. The van der Waals surface area contributed by atoms with Crippen LogP contribution in [-0.2, 0) is 21.2 Å². The van der Waals surface area contributed by atoms with E-state index in [0.29, 0.717) is 10.6 Å². The van der Waals surface area contributed by atoms with Gasteiger partial charge in [0.05, 0.1) is 0 Å². The number of nitrogens with one attached hydrogen (secondary N) is 1. The van der Waals surface area contributed by atoms with Crippen LogP contribution in [0.15, 0.2) is 41.3 Å². The summed E-state index contributed by atoms with van der Waals surface area (Å²) in [4.78, 5) is 24.1. The number of carbonyl (C=O) groups is 1. The molecule has 0 saturated carbocycles. The van der Waals surface area contributed by atoms with E-state index in [4.69, 9.17) is 16.8 Å². The molecule has 1 aromatic carbocycles. The number of amides is 1. The lowest BCUT2D eigenvalue weighted by atomic mass is 10.1. The number of rotatable bonds is 6. The zero-order valence-corrected chi connectivity index (χ0v) is 16.1. The first-order valence-electron chi connectivity index (χ1n) is 7.79. The Morgan fingerprint density at radius 2 is 1.93 bits per heavy atom. The van der Waals surface area contributed by atoms with Crippen molar-refractivity contribution in [3.63, 3.8) is 0 Å². The lowest BCUT2D eigenvalue weighted by molar-refractivity contribution is -0.131. The third-order valence-corrected chi connectivity index (χ3v) is 6.74. The Kier molecular flexibility index (Phi) is 6.08. The van der Waals surface area contributed by atoms with Crippen LogP contribution >= 0.6 is 11.6 Å². The van der Waals surface area contributed by atoms with Gasteiger partial charge in [0.1, 0.15) is 5.82 Å². The highest BCUT2D eigenvalue weighted by Crippen LogP contribution is 2.24. The van der Waals surface area contributed by atoms with E-state index >= 15 is 0 Å². The van der Waals surface area contributed by atoms with Gasteiger partial charge in [0.25, 0.3) is 11.5 Å². The van der Waals surface area contributed by atoms with Crippen LogP contribution in [0.2, 0.25) is 5.02 Å². The fourth-order valence-corrected chi connectivity index (χ4v) is 3.46. The van der Waals surface area contributed by atoms with E-state index in [1.807, 2.05) is 0 Å². The summed E-state index contributed by atoms with van der Waals surface area (Å²) in [5.74, 6) is -1.82. The molecular weight excluding hydrogens is 399 g/mol. The van der Waals surface area contributed by atoms with Crippen molar-refractivity contribution in [2.75, 3.05) is 6.26 Å². The summed E-state index contributed by atoms with van der Waals surface area (Å²) in [6.07, 6.45) is 1.46. The summed E-state index contributed by atoms with van der Waals surface area (Å²) in [6, 6.07) is 7.34. The largest absolute Gasteiger partial charge is 0.312 e. The smallest absolute Gasteiger partial charge is 0.264 e. The zero-order chi connectivity index (χ0) is 20.4. The van der Waals surface area contributed by atoms with Gasteiger partial charge in [-0.2, -0.15) is 0 Å². The van der Waals surface area contributed by atoms with Gasteiger partial charge < -0.3 is 4.57 Å². The minimum atomic E-state index is -3.92. The summed E-state index contributed by atoms with van der Waals surface area (Å²) in [6.45, 7) is 0.880. The molecule has 146 valence electrons. The van der Waals surface area contributed by atoms with Crippen LogP contribution < -0.4 is 11.0 Å². The fourth-order valence-electron chi connectivity index (χ4n) is 2.49. The van der Waals surface area contributed by atoms with Gasteiger partial charge in [-0.15, -0.1) is 0 Å². The number of hydrogen-bond donors (Lipinski definition) is 2. The van der Waals surface area contributed by atoms with Crippen LogP contribution in [-0.4, -0.2) is 35.1 Å². The molecule has 7 nitrogen and oxygen atoms in total. The van der Waals surface area contributed by atoms with Crippen molar-refractivity contribution in [3.8, 4) is 11.1 Å². The Labute approximate surface area is 160 Å². The Balaban J connectivity index is 2.35. The average Bonchev–Trinajstić information content (AvgIpc) is 2.60. The highest BCUT2D eigenvalue weighted by molar-refractivity contribution is 7.92. The quantitative estimate of drug-likeness (QED) is 0.553. The van der Waals surface area contributed by atoms with Gasteiger partial charge in [-0.3, -0.25) is 14.8 Å². The highest BCUT2D eigenvalue weighted by atomic mass is 35.5. The third-order valence-electron chi connectivity index (χ3n) is 4.46. The SMILES string of the molecule is C[C@@](CCn1cc(F)c(-c2ccc(Cl)cc2)cc1=O)(C(=O)NO)S(C)(=O)=O. The van der Waals surface area contributed by atoms with Crippen molar-refractivity contribution in [2.24, 2.45) is 0 Å². The summed E-state index contributed by atoms with van der Waals surface area (Å²) in [5.41, 5.74) is 1.29. The summed E-state index contributed by atoms with van der Waals surface area (Å²) < 4.78 is 37.4. The Bertz CT molecular complexity index is 1020. The summed E-state index contributed by atoms with van der Waals surface area (Å²) in [5, 5.41) is 9.28. The van der Waals surface area contributed by atoms with E-state index in [9.17, 15) is 22.4 Å². The van der Waals surface area contributed by atoms with Crippen molar-refractivity contribution < 1.29 is 22.8 Å². The first-order chi connectivity index (χ1) is 12.5. The van der Waals surface area contributed by atoms with Crippen LogP contribution in [0.5, 0.6) is 0 Å². The monoisotopic (exact) mass is 416 g/mol. The van der Waals surface area contributed by atoms with Gasteiger partial charge in [0.15, 0.2) is 14.6 Å². The maximum Gasteiger partial charge on any atom is 0.264 e. The molecule has 0 aliphatic heterocycles. The Morgan fingerprint density at radius 1 is 1.33 bits per heavy atom. The maximum atomic E-state index is 14.5. The molecule has 1 heterocycles. The average molecular weight is 417 g/mol. The number of aromatic nitrogens is 1. The number of carbonyl (C=O) groups excluding carboxylic acids is 1. The maximum absolute atomic E-state index is 14.5. The van der Waals surface area contributed by atoms with Crippen molar-refractivity contribution in [2.45, 2.75) is 24.6 Å². The molecule has 0 aliphatic rings. The molecule has 0 saturated heterocycles. The van der Waals surface area contributed by atoms with Crippen molar-refractivity contribution >= 4 is 27.3 Å². The van der Waals surface area contributed by atoms with E-state index in [1.165, 1.54) is 5.48 Å². The number of sulfone groups is 1. The summed E-state index contributed by atoms with van der Waals surface area (Å²) >= 11 is 5.79. The molecule has 2 aromatic rings. The molecule has 0 bridgehead atoms. The Hall–Kier alpha value is -2.23. The Morgan fingerprint density at radius 3 is 2.44 bits per heavy atom. The molecule has 1 atom stereocenters. The number of aryl methyl sites for hydroxylation is 1. The topological polar surface area (TPSA) is 105 Å². The molecule has 0 unspecified atom stereocenters. The number of hydrogen-bond acceptors (Lipinski definition) is 5. The molecule has 1 aromatic heterocycles. The zero-order valence-electron chi connectivity index (χ0n) is 14.6. The lowest BCUT2D eigenvalue weighted by Crippen LogP contribution is -2.50. The van der Waals surface area contributed by atoms with Crippen LogP contribution in [0.4, 0.5) is 4.39 Å². The number of benzene rings is 1. The normalized spacial score (nSPS) is 13.8. The molecule has 10 heteroatoms. The lowest BCUT2D eigenvalue weighted by Gasteiger charge is -2.25. The molecule has 0 aliphatic carbocycles. The minimum Gasteiger partial charge on any atom is -0.312 e. The van der Waals surface area contributed by atoms with Gasteiger partial charge in [0.2, 0.25) is 0 Å². The number of pyridine rings is 1. The summed E-state index contributed by atoms with van der Waals surface area (Å²) in [7, 11) is -3.92. The molecule has 2 N–H and O–H groups in total. The van der Waals surface area contributed by atoms with E-state index < -0.39 is 31.9 Å². The first kappa shape index (κ1) is 21.1. The van der Waals surface area contributed by atoms with Crippen LogP contribution in [0, 0.1) is 5.82 Å². The van der Waals surface area contributed by atoms with Gasteiger partial charge >= 0.3 is 0 Å². The van der Waals surface area contributed by atoms with Crippen molar-refractivity contribution in [3.05, 3.63) is 57.7 Å². The predicted octanol–water partition coefficient (Wildman–Crippen LogP) is 2.01. The molecule has 0 spiro atoms. The van der Waals surface area contributed by atoms with Gasteiger partial charge in [0, 0.05) is 35.6 Å². The van der Waals surface area contributed by atoms with Crippen molar-refractivity contribution in [1.29, 1.82) is 0 Å². The van der Waals surface area contributed by atoms with Crippen molar-refractivity contribution in [1.82, 2.24) is 10.0 Å². The number of halogens is 2. The molecule has 1 amide bonds. The number of nitrogens with zero attached hydrogens (tertiary/aromatic N) is 1. The molecule has 0 radical (unpaired) electrons. The van der Waals surface area contributed by atoms with E-state index in [1.54, 1.807) is 24.3 Å². The number of hydroxylamine groups is 1. The van der Waals surface area contributed by atoms with Crippen LogP contribution in [0.25, 0.3) is 11.1 Å². The fraction of sp³-hybridized carbons (Fsp3) is 0.294. The second kappa shape index (κ2) is 7.79. The second-order valence-electron chi connectivity index (χ2n) is 6.27. The van der Waals surface area contributed by atoms with E-state index in [0.717, 1.165) is 30.0 Å². The van der Waals surface area contributed by atoms with Crippen LogP contribution in [0.1, 0.15) is 13.3 Å². The van der Waals surface area contributed by atoms with Gasteiger partial charge in [-0.25, -0.2) is 18.3 Å². The molecule has 0 fully saturated rings. The molecular formula is C17H18ClFN2O5S. The predicted molar refractivity (Wildman–Crippen MR) is 98.9 cm³/mol. The van der Waals surface area contributed by atoms with Crippen LogP contribution in [0.3, 0.4) is 0 Å². The first-order valence-corrected chi connectivity index (χ1v) is 10.1. The standard InChI is InChI=1S/C17H18ClFN2O5S/c1-17(16(23)20-24,27(2,25)26)7-8-21-10-14(19)13(9-15(21)22)11-3-5-12(18)6-4-11/h3-6,9-10,24H,7-8H2,1-2H3,(H,20,23)/t17-/m1/s1.